The predicted molar refractivity (Wildman–Crippen MR) is 181 cm³/mol. The molecular weight excluding hydrogens is 664 g/mol. The highest BCUT2D eigenvalue weighted by Crippen LogP contribution is 2.37. The molecule has 3 aromatic carbocycles. The number of halogens is 1. The molecule has 0 bridgehead atoms. The monoisotopic (exact) mass is 696 g/mol. The topological polar surface area (TPSA) is 147 Å². The molecule has 2 aliphatic heterocycles. The summed E-state index contributed by atoms with van der Waals surface area (Å²) in [5, 5.41) is 2.00. The molecule has 13 nitrogen and oxygen atoms in total. The van der Waals surface area contributed by atoms with Gasteiger partial charge in [-0.3, -0.25) is 4.57 Å². The molecule has 256 valence electrons. The molecule has 2 saturated heterocycles. The molecule has 0 radical (unpaired) electrons. The van der Waals surface area contributed by atoms with Crippen LogP contribution in [-0.4, -0.2) is 80.4 Å². The Morgan fingerprint density at radius 3 is 1.92 bits per heavy atom. The van der Waals surface area contributed by atoms with Gasteiger partial charge in [0.15, 0.2) is 35.4 Å². The summed E-state index contributed by atoms with van der Waals surface area (Å²) in [6, 6.07) is 25.2. The molecule has 2 fully saturated rings. The first-order chi connectivity index (χ1) is 24.4. The minimum atomic E-state index is -1.25. The van der Waals surface area contributed by atoms with E-state index < -0.39 is 42.4 Å². The van der Waals surface area contributed by atoms with Crippen molar-refractivity contribution in [2.45, 2.75) is 43.8 Å². The fraction of sp³-hybridized carbons (Fsp3) is 0.278. The normalized spacial score (nSPS) is 20.7. The fourth-order valence-corrected chi connectivity index (χ4v) is 6.16. The summed E-state index contributed by atoms with van der Waals surface area (Å²) in [7, 11) is 0. The van der Waals surface area contributed by atoms with Crippen molar-refractivity contribution in [1.29, 1.82) is 0 Å². The van der Waals surface area contributed by atoms with E-state index in [0.717, 1.165) is 32.4 Å². The maximum atomic E-state index is 13.6. The Morgan fingerprint density at radius 1 is 0.760 bits per heavy atom. The number of aromatic nitrogens is 4. The van der Waals surface area contributed by atoms with E-state index in [-0.39, 0.29) is 28.7 Å². The van der Waals surface area contributed by atoms with Gasteiger partial charge in [-0.1, -0.05) is 61.0 Å². The smallest absolute Gasteiger partial charge is 0.338 e. The Bertz CT molecular complexity index is 1960. The van der Waals surface area contributed by atoms with Crippen LogP contribution >= 0.6 is 11.6 Å². The lowest BCUT2D eigenvalue weighted by Crippen LogP contribution is -2.41. The van der Waals surface area contributed by atoms with Crippen LogP contribution in [0.3, 0.4) is 0 Å². The second kappa shape index (κ2) is 15.0. The zero-order valence-electron chi connectivity index (χ0n) is 26.8. The van der Waals surface area contributed by atoms with Crippen molar-refractivity contribution < 1.29 is 33.3 Å². The second-order valence-corrected chi connectivity index (χ2v) is 12.2. The minimum Gasteiger partial charge on any atom is -0.459 e. The summed E-state index contributed by atoms with van der Waals surface area (Å²) in [6.07, 6.45) is -0.0120. The van der Waals surface area contributed by atoms with Gasteiger partial charge in [0.2, 0.25) is 5.28 Å². The lowest BCUT2D eigenvalue weighted by Gasteiger charge is -2.27. The summed E-state index contributed by atoms with van der Waals surface area (Å²) in [5.74, 6) is -1.58. The van der Waals surface area contributed by atoms with Gasteiger partial charge in [0.25, 0.3) is 0 Å². The van der Waals surface area contributed by atoms with E-state index in [1.54, 1.807) is 95.6 Å². The quantitative estimate of drug-likeness (QED) is 0.112. The van der Waals surface area contributed by atoms with Crippen molar-refractivity contribution in [2.75, 3.05) is 25.1 Å². The number of hydrazine groups is 1. The average Bonchev–Trinajstić information content (AvgIpc) is 3.72. The van der Waals surface area contributed by atoms with E-state index in [1.807, 2.05) is 5.01 Å². The van der Waals surface area contributed by atoms with Crippen LogP contribution in [0.4, 0.5) is 5.82 Å². The van der Waals surface area contributed by atoms with Gasteiger partial charge in [0.05, 0.1) is 23.0 Å². The standard InChI is InChI=1S/C36H33ClN6O7/c37-36-39-30(41-42-19-11-4-12-20-42)27-31(40-36)43(22-38-27)32-29(50-35(46)25-17-9-3-10-18-25)28(49-34(45)24-15-7-2-8-16-24)26(48-32)21-47-33(44)23-13-5-1-6-14-23/h1-3,5-10,13-18,22,26,28-29,32H,4,11-12,19-21H2,(H,39,40,41)/t26-,28-,29-,32-/m1/s1. The third kappa shape index (κ3) is 7.30. The number of piperidine rings is 1. The third-order valence-corrected chi connectivity index (χ3v) is 8.64. The predicted octanol–water partition coefficient (Wildman–Crippen LogP) is 5.50. The Labute approximate surface area is 292 Å². The first kappa shape index (κ1) is 33.1. The first-order valence-electron chi connectivity index (χ1n) is 16.3. The number of esters is 3. The molecule has 14 heteroatoms. The maximum absolute atomic E-state index is 13.6. The minimum absolute atomic E-state index is 0.0463. The number of benzene rings is 3. The van der Waals surface area contributed by atoms with Gasteiger partial charge in [0.1, 0.15) is 12.7 Å². The molecule has 7 rings (SSSR count). The number of hydrogen-bond acceptors (Lipinski definition) is 12. The van der Waals surface area contributed by atoms with Crippen molar-refractivity contribution in [3.8, 4) is 0 Å². The molecule has 4 heterocycles. The van der Waals surface area contributed by atoms with Crippen molar-refractivity contribution in [3.63, 3.8) is 0 Å². The zero-order chi connectivity index (χ0) is 34.5. The SMILES string of the molecule is O=C(OC[C@H]1O[C@@H](n2cnc3c(NN4CCCCC4)nc(Cl)nc32)[C@H](OC(=O)c2ccccc2)[C@@H]1OC(=O)c1ccccc1)c1ccccc1. The molecule has 5 aromatic rings. The number of imidazole rings is 1. The molecule has 0 unspecified atom stereocenters. The number of carbonyl (C=O) groups is 3. The molecule has 4 atom stereocenters. The van der Waals surface area contributed by atoms with Gasteiger partial charge in [0, 0.05) is 13.1 Å². The maximum Gasteiger partial charge on any atom is 0.338 e. The highest BCUT2D eigenvalue weighted by atomic mass is 35.5. The largest absolute Gasteiger partial charge is 0.459 e. The van der Waals surface area contributed by atoms with Gasteiger partial charge in [-0.25, -0.2) is 24.4 Å². The summed E-state index contributed by atoms with van der Waals surface area (Å²) in [4.78, 5) is 53.5. The number of ether oxygens (including phenoxy) is 4. The van der Waals surface area contributed by atoms with Gasteiger partial charge in [-0.2, -0.15) is 9.97 Å². The van der Waals surface area contributed by atoms with Crippen molar-refractivity contribution in [3.05, 3.63) is 119 Å². The molecule has 1 N–H and O–H groups in total. The summed E-state index contributed by atoms with van der Waals surface area (Å²) >= 11 is 6.44. The molecule has 0 amide bonds. The summed E-state index contributed by atoms with van der Waals surface area (Å²) < 4.78 is 25.8. The van der Waals surface area contributed by atoms with Crippen molar-refractivity contribution in [2.24, 2.45) is 0 Å². The number of hydrogen-bond donors (Lipinski definition) is 1. The van der Waals surface area contributed by atoms with Crippen LogP contribution in [-0.2, 0) is 18.9 Å². The summed E-state index contributed by atoms with van der Waals surface area (Å²) in [5.41, 5.74) is 4.86. The molecule has 0 spiro atoms. The highest BCUT2D eigenvalue weighted by Gasteiger charge is 2.52. The van der Waals surface area contributed by atoms with E-state index in [4.69, 9.17) is 30.5 Å². The van der Waals surface area contributed by atoms with Crippen LogP contribution in [0.2, 0.25) is 5.28 Å². The number of rotatable bonds is 10. The molecule has 2 aliphatic rings. The zero-order valence-corrected chi connectivity index (χ0v) is 27.5. The van der Waals surface area contributed by atoms with Gasteiger partial charge < -0.3 is 24.4 Å². The van der Waals surface area contributed by atoms with Crippen LogP contribution in [0.5, 0.6) is 0 Å². The first-order valence-corrected chi connectivity index (χ1v) is 16.6. The second-order valence-electron chi connectivity index (χ2n) is 11.8. The summed E-state index contributed by atoms with van der Waals surface area (Å²) in [6.45, 7) is 1.32. The number of carbonyl (C=O) groups excluding carboxylic acids is 3. The van der Waals surface area contributed by atoms with Crippen molar-refractivity contribution >= 4 is 46.5 Å². The van der Waals surface area contributed by atoms with E-state index >= 15 is 0 Å². The Balaban J connectivity index is 1.26. The molecule has 2 aromatic heterocycles. The van der Waals surface area contributed by atoms with Gasteiger partial charge in [-0.15, -0.1) is 0 Å². The van der Waals surface area contributed by atoms with Crippen LogP contribution in [0, 0.1) is 0 Å². The number of fused-ring (bicyclic) bond motifs is 1. The number of anilines is 1. The Hall–Kier alpha value is -5.37. The third-order valence-electron chi connectivity index (χ3n) is 8.47. The average molecular weight is 697 g/mol. The van der Waals surface area contributed by atoms with E-state index in [2.05, 4.69) is 20.4 Å². The van der Waals surface area contributed by atoms with Crippen LogP contribution in [0.25, 0.3) is 11.2 Å². The van der Waals surface area contributed by atoms with Crippen LogP contribution in [0.1, 0.15) is 56.6 Å². The van der Waals surface area contributed by atoms with E-state index in [0.29, 0.717) is 16.9 Å². The molecule has 50 heavy (non-hydrogen) atoms. The van der Waals surface area contributed by atoms with Gasteiger partial charge >= 0.3 is 17.9 Å². The highest BCUT2D eigenvalue weighted by molar-refractivity contribution is 6.28. The van der Waals surface area contributed by atoms with Crippen LogP contribution in [0.15, 0.2) is 97.3 Å². The lowest BCUT2D eigenvalue weighted by atomic mass is 10.1. The number of nitrogens with zero attached hydrogens (tertiary/aromatic N) is 5. The van der Waals surface area contributed by atoms with E-state index in [9.17, 15) is 14.4 Å². The van der Waals surface area contributed by atoms with E-state index in [1.165, 1.54) is 6.33 Å². The van der Waals surface area contributed by atoms with Crippen molar-refractivity contribution in [1.82, 2.24) is 24.5 Å². The molecular formula is C36H33ClN6O7. The fourth-order valence-electron chi connectivity index (χ4n) is 5.99. The van der Waals surface area contributed by atoms with Gasteiger partial charge in [-0.05, 0) is 60.8 Å². The molecule has 0 saturated carbocycles. The Morgan fingerprint density at radius 2 is 1.32 bits per heavy atom. The lowest BCUT2D eigenvalue weighted by molar-refractivity contribution is -0.0606. The van der Waals surface area contributed by atoms with Crippen LogP contribution < -0.4 is 5.43 Å². The molecule has 0 aliphatic carbocycles. The Kier molecular flexibility index (Phi) is 9.96. The number of nitrogens with one attached hydrogen (secondary N) is 1.